The molecule has 1 atom stereocenters. The van der Waals surface area contributed by atoms with E-state index in [0.717, 1.165) is 30.6 Å². The van der Waals surface area contributed by atoms with E-state index in [2.05, 4.69) is 25.3 Å². The van der Waals surface area contributed by atoms with Crippen LogP contribution in [-0.2, 0) is 4.74 Å². The molecule has 118 valence electrons. The first-order valence-electron chi connectivity index (χ1n) is 7.65. The third kappa shape index (κ3) is 2.83. The van der Waals surface area contributed by atoms with Crippen molar-refractivity contribution in [1.82, 2.24) is 15.0 Å². The maximum absolute atomic E-state index is 10.0. The summed E-state index contributed by atoms with van der Waals surface area (Å²) in [6.45, 7) is 1.50. The predicted molar refractivity (Wildman–Crippen MR) is 88.0 cm³/mol. The molecule has 7 heteroatoms. The van der Waals surface area contributed by atoms with E-state index < -0.39 is 0 Å². The van der Waals surface area contributed by atoms with E-state index in [1.165, 1.54) is 0 Å². The van der Waals surface area contributed by atoms with Crippen LogP contribution in [0.5, 0.6) is 5.88 Å². The molecule has 4 heterocycles. The number of aromatic amines is 1. The molecule has 0 aliphatic carbocycles. The highest BCUT2D eigenvalue weighted by Crippen LogP contribution is 2.31. The number of ether oxygens (including phenoxy) is 1. The molecule has 1 unspecified atom stereocenters. The van der Waals surface area contributed by atoms with Gasteiger partial charge in [0, 0.05) is 36.7 Å². The molecule has 0 bridgehead atoms. The number of pyridine rings is 1. The molecule has 23 heavy (non-hydrogen) atoms. The van der Waals surface area contributed by atoms with Crippen molar-refractivity contribution in [3.8, 4) is 5.88 Å². The summed E-state index contributed by atoms with van der Waals surface area (Å²) in [4.78, 5) is 15.6. The van der Waals surface area contributed by atoms with Gasteiger partial charge in [0.15, 0.2) is 5.82 Å². The minimum absolute atomic E-state index is 0.0434. The van der Waals surface area contributed by atoms with E-state index in [0.29, 0.717) is 24.0 Å². The van der Waals surface area contributed by atoms with Crippen LogP contribution in [0.25, 0.3) is 11.6 Å². The molecule has 2 aliphatic rings. The van der Waals surface area contributed by atoms with Crippen LogP contribution in [-0.4, -0.2) is 45.5 Å². The number of aromatic nitrogens is 3. The second-order valence-corrected chi connectivity index (χ2v) is 5.57. The number of imidazole rings is 1. The second kappa shape index (κ2) is 5.85. The molecule has 2 aromatic heterocycles. The minimum Gasteiger partial charge on any atom is -0.492 e. The van der Waals surface area contributed by atoms with Gasteiger partial charge in [0.2, 0.25) is 11.8 Å². The summed E-state index contributed by atoms with van der Waals surface area (Å²) in [5.41, 5.74) is 2.37. The van der Waals surface area contributed by atoms with Crippen LogP contribution in [0.15, 0.2) is 23.3 Å². The molecule has 2 aliphatic heterocycles. The number of anilines is 1. The Morgan fingerprint density at radius 1 is 1.48 bits per heavy atom. The Bertz CT molecular complexity index is 775. The van der Waals surface area contributed by atoms with Crippen LogP contribution >= 0.6 is 0 Å². The number of fused-ring (bicyclic) bond motifs is 1. The molecule has 7 nitrogen and oxygen atoms in total. The summed E-state index contributed by atoms with van der Waals surface area (Å²) in [6, 6.07) is 3.81. The van der Waals surface area contributed by atoms with Crippen molar-refractivity contribution in [3.05, 3.63) is 29.6 Å². The Labute approximate surface area is 133 Å². The summed E-state index contributed by atoms with van der Waals surface area (Å²) in [5, 5.41) is 13.2. The molecule has 1 fully saturated rings. The van der Waals surface area contributed by atoms with E-state index in [-0.39, 0.29) is 12.0 Å². The first kappa shape index (κ1) is 14.0. The topological polar surface area (TPSA) is 95.4 Å². The molecule has 0 amide bonds. The zero-order valence-electron chi connectivity index (χ0n) is 12.5. The standard InChI is InChI=1S/C16H17N5O2/c22-15-13(7-10-8-18-14-12(10)4-1-5-17-14)20-16(21-15)19-9-11-3-2-6-23-11/h1,4-5,7-8,11,22H,2-3,6,9H2,(H2,19,20,21)/b10-7+. The molecular formula is C16H17N5O2. The lowest BCUT2D eigenvalue weighted by atomic mass is 10.1. The number of nitrogens with one attached hydrogen (secondary N) is 2. The monoisotopic (exact) mass is 311 g/mol. The van der Waals surface area contributed by atoms with Gasteiger partial charge >= 0.3 is 0 Å². The van der Waals surface area contributed by atoms with Crippen molar-refractivity contribution in [2.75, 3.05) is 18.5 Å². The second-order valence-electron chi connectivity index (χ2n) is 5.57. The molecule has 0 aromatic carbocycles. The number of rotatable bonds is 4. The molecule has 3 N–H and O–H groups in total. The van der Waals surface area contributed by atoms with Crippen molar-refractivity contribution in [2.24, 2.45) is 4.99 Å². The maximum Gasteiger partial charge on any atom is 0.238 e. The first-order valence-corrected chi connectivity index (χ1v) is 7.65. The van der Waals surface area contributed by atoms with Crippen LogP contribution in [0.3, 0.4) is 0 Å². The number of H-pyrrole nitrogens is 1. The fourth-order valence-corrected chi connectivity index (χ4v) is 2.77. The van der Waals surface area contributed by atoms with Gasteiger partial charge in [0.1, 0.15) is 5.69 Å². The molecule has 4 rings (SSSR count). The SMILES string of the molecule is Oc1nc(NCC2CCCO2)[nH]c1/C=C1\C=Nc2ncccc21. The third-order valence-electron chi connectivity index (χ3n) is 3.96. The summed E-state index contributed by atoms with van der Waals surface area (Å²) in [5.74, 6) is 1.18. The van der Waals surface area contributed by atoms with Gasteiger partial charge in [-0.2, -0.15) is 4.98 Å². The van der Waals surface area contributed by atoms with Gasteiger partial charge in [-0.3, -0.25) is 0 Å². The average molecular weight is 311 g/mol. The highest BCUT2D eigenvalue weighted by Gasteiger charge is 2.17. The van der Waals surface area contributed by atoms with Crippen LogP contribution in [0.1, 0.15) is 24.1 Å². The highest BCUT2D eigenvalue weighted by atomic mass is 16.5. The number of hydrogen-bond acceptors (Lipinski definition) is 6. The normalized spacial score (nSPS) is 21.0. The lowest BCUT2D eigenvalue weighted by Gasteiger charge is -2.09. The zero-order valence-corrected chi connectivity index (χ0v) is 12.5. The van der Waals surface area contributed by atoms with E-state index in [1.807, 2.05) is 18.2 Å². The molecule has 1 saturated heterocycles. The summed E-state index contributed by atoms with van der Waals surface area (Å²) in [6.07, 6.45) is 7.62. The Kier molecular flexibility index (Phi) is 3.55. The van der Waals surface area contributed by atoms with Gasteiger partial charge in [-0.05, 0) is 31.1 Å². The summed E-state index contributed by atoms with van der Waals surface area (Å²) in [7, 11) is 0. The molecular weight excluding hydrogens is 294 g/mol. The smallest absolute Gasteiger partial charge is 0.238 e. The minimum atomic E-state index is -0.0434. The lowest BCUT2D eigenvalue weighted by Crippen LogP contribution is -2.18. The van der Waals surface area contributed by atoms with Gasteiger partial charge in [0.05, 0.1) is 6.10 Å². The van der Waals surface area contributed by atoms with Crippen LogP contribution in [0.2, 0.25) is 0 Å². The van der Waals surface area contributed by atoms with Crippen molar-refractivity contribution in [3.63, 3.8) is 0 Å². The van der Waals surface area contributed by atoms with E-state index in [9.17, 15) is 5.11 Å². The third-order valence-corrected chi connectivity index (χ3v) is 3.96. The largest absolute Gasteiger partial charge is 0.492 e. The molecule has 0 spiro atoms. The fraction of sp³-hybridized carbons (Fsp3) is 0.312. The first-order chi connectivity index (χ1) is 11.3. The zero-order chi connectivity index (χ0) is 15.6. The van der Waals surface area contributed by atoms with Gasteiger partial charge in [-0.1, -0.05) is 0 Å². The average Bonchev–Trinajstić information content (AvgIpc) is 3.28. The van der Waals surface area contributed by atoms with Crippen molar-refractivity contribution in [2.45, 2.75) is 18.9 Å². The van der Waals surface area contributed by atoms with Crippen LogP contribution in [0.4, 0.5) is 11.8 Å². The number of aliphatic imine (C=N–C) groups is 1. The van der Waals surface area contributed by atoms with Gasteiger partial charge in [0.25, 0.3) is 0 Å². The van der Waals surface area contributed by atoms with Gasteiger partial charge in [-0.25, -0.2) is 9.98 Å². The number of aromatic hydroxyl groups is 1. The quantitative estimate of drug-likeness (QED) is 0.805. The van der Waals surface area contributed by atoms with E-state index in [4.69, 9.17) is 4.74 Å². The Hall–Kier alpha value is -2.67. The van der Waals surface area contributed by atoms with Crippen molar-refractivity contribution >= 4 is 29.6 Å². The molecule has 0 saturated carbocycles. The Balaban J connectivity index is 1.51. The maximum atomic E-state index is 10.0. The Morgan fingerprint density at radius 3 is 3.30 bits per heavy atom. The summed E-state index contributed by atoms with van der Waals surface area (Å²) >= 11 is 0. The van der Waals surface area contributed by atoms with Crippen molar-refractivity contribution in [1.29, 1.82) is 0 Å². The van der Waals surface area contributed by atoms with E-state index >= 15 is 0 Å². The number of hydrogen-bond donors (Lipinski definition) is 3. The van der Waals surface area contributed by atoms with E-state index in [1.54, 1.807) is 12.4 Å². The lowest BCUT2D eigenvalue weighted by molar-refractivity contribution is 0.120. The van der Waals surface area contributed by atoms with Crippen LogP contribution in [0, 0.1) is 0 Å². The predicted octanol–water partition coefficient (Wildman–Crippen LogP) is 2.36. The highest BCUT2D eigenvalue weighted by molar-refractivity contribution is 6.20. The number of nitrogens with zero attached hydrogens (tertiary/aromatic N) is 3. The van der Waals surface area contributed by atoms with Gasteiger partial charge in [-0.15, -0.1) is 0 Å². The van der Waals surface area contributed by atoms with Gasteiger partial charge < -0.3 is 20.1 Å². The fourth-order valence-electron chi connectivity index (χ4n) is 2.77. The molecule has 0 radical (unpaired) electrons. The van der Waals surface area contributed by atoms with Crippen molar-refractivity contribution < 1.29 is 9.84 Å². The molecule has 2 aromatic rings. The number of allylic oxidation sites excluding steroid dienone is 1. The van der Waals surface area contributed by atoms with Crippen LogP contribution < -0.4 is 5.32 Å². The Morgan fingerprint density at radius 2 is 2.43 bits per heavy atom. The summed E-state index contributed by atoms with van der Waals surface area (Å²) < 4.78 is 5.56.